The Morgan fingerprint density at radius 2 is 1.36 bits per heavy atom. The zero-order valence-corrected chi connectivity index (χ0v) is 16.0. The highest BCUT2D eigenvalue weighted by molar-refractivity contribution is 5.84. The van der Waals surface area contributed by atoms with E-state index in [1.807, 2.05) is 31.3 Å². The van der Waals surface area contributed by atoms with Crippen molar-refractivity contribution in [3.63, 3.8) is 0 Å². The summed E-state index contributed by atoms with van der Waals surface area (Å²) >= 11 is 0. The van der Waals surface area contributed by atoms with Crippen LogP contribution in [0.3, 0.4) is 0 Å². The molecule has 1 heterocycles. The fourth-order valence-corrected chi connectivity index (χ4v) is 3.81. The zero-order chi connectivity index (χ0) is 19.3. The Morgan fingerprint density at radius 1 is 0.821 bits per heavy atom. The quantitative estimate of drug-likeness (QED) is 0.455. The van der Waals surface area contributed by atoms with Gasteiger partial charge in [0.2, 0.25) is 0 Å². The van der Waals surface area contributed by atoms with Crippen LogP contribution in [0.2, 0.25) is 0 Å². The van der Waals surface area contributed by atoms with Gasteiger partial charge in [0.05, 0.1) is 6.07 Å². The van der Waals surface area contributed by atoms with Crippen molar-refractivity contribution >= 4 is 10.9 Å². The molecule has 3 nitrogen and oxygen atoms in total. The molecule has 0 spiro atoms. The van der Waals surface area contributed by atoms with Crippen LogP contribution in [-0.2, 0) is 20.1 Å². The maximum absolute atomic E-state index is 10.2. The summed E-state index contributed by atoms with van der Waals surface area (Å²) in [7, 11) is 2.04. The van der Waals surface area contributed by atoms with Gasteiger partial charge >= 0.3 is 0 Å². The summed E-state index contributed by atoms with van der Waals surface area (Å²) in [5.41, 5.74) is 4.63. The molecule has 4 aromatic rings. The van der Waals surface area contributed by atoms with E-state index >= 15 is 0 Å². The maximum atomic E-state index is 10.2. The van der Waals surface area contributed by atoms with Crippen LogP contribution >= 0.6 is 0 Å². The van der Waals surface area contributed by atoms with Gasteiger partial charge in [0.15, 0.2) is 0 Å². The molecular formula is C25H23N3. The first-order valence-electron chi connectivity index (χ1n) is 9.52. The second-order valence-corrected chi connectivity index (χ2v) is 7.12. The predicted molar refractivity (Wildman–Crippen MR) is 113 cm³/mol. The highest BCUT2D eigenvalue weighted by Gasteiger charge is 2.24. The summed E-state index contributed by atoms with van der Waals surface area (Å²) in [6.45, 7) is 1.44. The molecule has 1 unspecified atom stereocenters. The van der Waals surface area contributed by atoms with Crippen molar-refractivity contribution in [1.82, 2.24) is 9.47 Å². The number of aromatic nitrogens is 1. The van der Waals surface area contributed by atoms with Gasteiger partial charge in [-0.2, -0.15) is 5.26 Å². The Labute approximate surface area is 166 Å². The third-order valence-corrected chi connectivity index (χ3v) is 5.17. The fourth-order valence-electron chi connectivity index (χ4n) is 3.81. The van der Waals surface area contributed by atoms with Crippen molar-refractivity contribution in [3.05, 3.63) is 108 Å². The summed E-state index contributed by atoms with van der Waals surface area (Å²) in [5, 5.41) is 11.3. The minimum absolute atomic E-state index is 0.327. The minimum Gasteiger partial charge on any atom is -0.350 e. The number of nitrogens with zero attached hydrogens (tertiary/aromatic N) is 3. The molecule has 0 fully saturated rings. The number of para-hydroxylation sites is 1. The molecule has 0 saturated heterocycles. The van der Waals surface area contributed by atoms with Crippen molar-refractivity contribution in [2.24, 2.45) is 7.05 Å². The molecule has 138 valence electrons. The molecule has 3 heteroatoms. The van der Waals surface area contributed by atoms with Crippen LogP contribution in [0, 0.1) is 11.3 Å². The monoisotopic (exact) mass is 365 g/mol. The molecule has 3 aromatic carbocycles. The number of hydrogen-bond acceptors (Lipinski definition) is 2. The molecule has 0 amide bonds. The predicted octanol–water partition coefficient (Wildman–Crippen LogP) is 5.45. The normalized spacial score (nSPS) is 12.2. The van der Waals surface area contributed by atoms with Crippen LogP contribution in [0.4, 0.5) is 0 Å². The van der Waals surface area contributed by atoms with E-state index in [9.17, 15) is 5.26 Å². The standard InChI is InChI=1S/C25H23N3/c1-27-19-23(22-14-8-9-15-24(22)27)25(16-26)28(17-20-10-4-2-5-11-20)18-21-12-6-3-7-13-21/h2-15,19,25H,17-18H2,1H3. The van der Waals surface area contributed by atoms with E-state index in [2.05, 4.69) is 82.4 Å². The molecule has 0 N–H and O–H groups in total. The molecule has 28 heavy (non-hydrogen) atoms. The van der Waals surface area contributed by atoms with Gasteiger partial charge in [-0.3, -0.25) is 4.90 Å². The van der Waals surface area contributed by atoms with E-state index < -0.39 is 0 Å². The lowest BCUT2D eigenvalue weighted by Gasteiger charge is -2.27. The van der Waals surface area contributed by atoms with Gasteiger partial charge in [0, 0.05) is 42.8 Å². The van der Waals surface area contributed by atoms with Crippen LogP contribution in [-0.4, -0.2) is 9.47 Å². The minimum atomic E-state index is -0.327. The Bertz CT molecular complexity index is 1050. The SMILES string of the molecule is Cn1cc(C(C#N)N(Cc2ccccc2)Cc2ccccc2)c2ccccc21. The first kappa shape index (κ1) is 18.0. The van der Waals surface area contributed by atoms with Crippen LogP contribution < -0.4 is 0 Å². The second-order valence-electron chi connectivity index (χ2n) is 7.12. The number of nitriles is 1. The summed E-state index contributed by atoms with van der Waals surface area (Å²) in [4.78, 5) is 2.26. The van der Waals surface area contributed by atoms with Gasteiger partial charge in [-0.15, -0.1) is 0 Å². The van der Waals surface area contributed by atoms with Crippen LogP contribution in [0.1, 0.15) is 22.7 Å². The molecule has 0 aliphatic carbocycles. The lowest BCUT2D eigenvalue weighted by Crippen LogP contribution is -2.27. The second kappa shape index (κ2) is 8.12. The van der Waals surface area contributed by atoms with Gasteiger partial charge in [-0.1, -0.05) is 78.9 Å². The summed E-state index contributed by atoms with van der Waals surface area (Å²) in [6, 6.07) is 31.3. The van der Waals surface area contributed by atoms with E-state index in [1.54, 1.807) is 0 Å². The van der Waals surface area contributed by atoms with Crippen molar-refractivity contribution in [2.45, 2.75) is 19.1 Å². The molecule has 0 radical (unpaired) electrons. The third-order valence-electron chi connectivity index (χ3n) is 5.17. The van der Waals surface area contributed by atoms with E-state index in [0.29, 0.717) is 0 Å². The van der Waals surface area contributed by atoms with E-state index in [4.69, 9.17) is 0 Å². The summed E-state index contributed by atoms with van der Waals surface area (Å²) in [6.07, 6.45) is 2.10. The molecule has 0 aliphatic heterocycles. The van der Waals surface area contributed by atoms with Gasteiger partial charge in [-0.25, -0.2) is 0 Å². The summed E-state index contributed by atoms with van der Waals surface area (Å²) in [5.74, 6) is 0. The van der Waals surface area contributed by atoms with E-state index in [-0.39, 0.29) is 6.04 Å². The highest BCUT2D eigenvalue weighted by Crippen LogP contribution is 2.31. The Kier molecular flexibility index (Phi) is 5.23. The van der Waals surface area contributed by atoms with Gasteiger partial charge in [0.1, 0.15) is 6.04 Å². The number of rotatable bonds is 6. The summed E-state index contributed by atoms with van der Waals surface area (Å²) < 4.78 is 2.11. The van der Waals surface area contributed by atoms with E-state index in [1.165, 1.54) is 11.1 Å². The highest BCUT2D eigenvalue weighted by atomic mass is 15.2. The molecule has 0 saturated carbocycles. The van der Waals surface area contributed by atoms with E-state index in [0.717, 1.165) is 29.6 Å². The van der Waals surface area contributed by atoms with Gasteiger partial charge < -0.3 is 4.57 Å². The molecule has 0 bridgehead atoms. The Hall–Kier alpha value is -3.35. The van der Waals surface area contributed by atoms with Crippen molar-refractivity contribution in [1.29, 1.82) is 5.26 Å². The molecule has 1 atom stereocenters. The van der Waals surface area contributed by atoms with Crippen LogP contribution in [0.25, 0.3) is 10.9 Å². The first-order chi connectivity index (χ1) is 13.8. The van der Waals surface area contributed by atoms with Gasteiger partial charge in [0.25, 0.3) is 0 Å². The molecule has 4 rings (SSSR count). The average Bonchev–Trinajstić information content (AvgIpc) is 3.07. The van der Waals surface area contributed by atoms with Crippen molar-refractivity contribution in [2.75, 3.05) is 0 Å². The first-order valence-corrected chi connectivity index (χ1v) is 9.52. The largest absolute Gasteiger partial charge is 0.350 e. The maximum Gasteiger partial charge on any atom is 0.126 e. The average molecular weight is 365 g/mol. The van der Waals surface area contributed by atoms with Crippen LogP contribution in [0.15, 0.2) is 91.1 Å². The number of benzene rings is 3. The van der Waals surface area contributed by atoms with Crippen LogP contribution in [0.5, 0.6) is 0 Å². The molecule has 1 aromatic heterocycles. The molecule has 0 aliphatic rings. The number of hydrogen-bond donors (Lipinski definition) is 0. The number of fused-ring (bicyclic) bond motifs is 1. The number of aryl methyl sites for hydroxylation is 1. The topological polar surface area (TPSA) is 32.0 Å². The molecular weight excluding hydrogens is 342 g/mol. The van der Waals surface area contributed by atoms with Gasteiger partial charge in [-0.05, 0) is 17.2 Å². The van der Waals surface area contributed by atoms with Crippen molar-refractivity contribution < 1.29 is 0 Å². The Morgan fingerprint density at radius 3 is 1.93 bits per heavy atom. The lowest BCUT2D eigenvalue weighted by atomic mass is 10.0. The third kappa shape index (κ3) is 3.69. The lowest BCUT2D eigenvalue weighted by molar-refractivity contribution is 0.218. The fraction of sp³-hybridized carbons (Fsp3) is 0.160. The smallest absolute Gasteiger partial charge is 0.126 e. The Balaban J connectivity index is 1.75. The zero-order valence-electron chi connectivity index (χ0n) is 16.0. The van der Waals surface area contributed by atoms with Crippen molar-refractivity contribution in [3.8, 4) is 6.07 Å².